The highest BCUT2D eigenvalue weighted by atomic mass is 16.4. The zero-order valence-electron chi connectivity index (χ0n) is 20.0. The van der Waals surface area contributed by atoms with Crippen LogP contribution < -0.4 is 10.9 Å². The van der Waals surface area contributed by atoms with Gasteiger partial charge in [0.1, 0.15) is 16.9 Å². The molecule has 4 aromatic carbocycles. The molecule has 0 unspecified atom stereocenters. The van der Waals surface area contributed by atoms with Gasteiger partial charge in [0.15, 0.2) is 23.0 Å². The number of phenols is 3. The Labute approximate surface area is 219 Å². The topological polar surface area (TPSA) is 162 Å². The van der Waals surface area contributed by atoms with E-state index in [1.807, 2.05) is 18.2 Å². The molecule has 0 radical (unpaired) electrons. The maximum Gasteiger partial charge on any atom is 0.235 e. The van der Waals surface area contributed by atoms with E-state index in [1.54, 1.807) is 36.4 Å². The van der Waals surface area contributed by atoms with Crippen molar-refractivity contribution in [3.05, 3.63) is 111 Å². The van der Waals surface area contributed by atoms with Gasteiger partial charge < -0.3 is 34.4 Å². The van der Waals surface area contributed by atoms with E-state index < -0.39 is 22.4 Å². The van der Waals surface area contributed by atoms with Gasteiger partial charge in [0, 0.05) is 17.2 Å². The second-order valence-corrected chi connectivity index (χ2v) is 8.46. The SMILES string of the molecule is O=c1c(O)c(-c2ccc(O)c(O)c2)oc2cc(O)ccc12.O=c1c(O)c(-c2ccccc2)oc2ccccc12. The predicted octanol–water partition coefficient (Wildman–Crippen LogP) is 5.45. The lowest BCUT2D eigenvalue weighted by Gasteiger charge is -2.07. The van der Waals surface area contributed by atoms with E-state index in [4.69, 9.17) is 8.83 Å². The summed E-state index contributed by atoms with van der Waals surface area (Å²) in [5.74, 6) is -1.74. The molecule has 0 atom stereocenters. The Morgan fingerprint density at radius 1 is 0.487 bits per heavy atom. The van der Waals surface area contributed by atoms with E-state index >= 15 is 0 Å². The van der Waals surface area contributed by atoms with Crippen LogP contribution in [0.2, 0.25) is 0 Å². The van der Waals surface area contributed by atoms with E-state index in [-0.39, 0.29) is 45.3 Å². The smallest absolute Gasteiger partial charge is 0.235 e. The Morgan fingerprint density at radius 3 is 1.77 bits per heavy atom. The van der Waals surface area contributed by atoms with E-state index in [2.05, 4.69) is 0 Å². The van der Waals surface area contributed by atoms with Crippen LogP contribution in [0.15, 0.2) is 109 Å². The fraction of sp³-hybridized carbons (Fsp3) is 0. The number of hydrogen-bond acceptors (Lipinski definition) is 9. The third-order valence-electron chi connectivity index (χ3n) is 5.90. The Hall–Kier alpha value is -5.70. The molecule has 2 aromatic heterocycles. The van der Waals surface area contributed by atoms with Crippen molar-refractivity contribution in [2.45, 2.75) is 0 Å². The molecule has 0 saturated heterocycles. The third-order valence-corrected chi connectivity index (χ3v) is 5.90. The second kappa shape index (κ2) is 9.98. The van der Waals surface area contributed by atoms with E-state index in [0.717, 1.165) is 6.07 Å². The van der Waals surface area contributed by atoms with Gasteiger partial charge in [-0.25, -0.2) is 0 Å². The Morgan fingerprint density at radius 2 is 1.08 bits per heavy atom. The lowest BCUT2D eigenvalue weighted by Crippen LogP contribution is -2.02. The molecule has 0 aliphatic carbocycles. The fourth-order valence-electron chi connectivity index (χ4n) is 3.95. The minimum atomic E-state index is -0.654. The number of hydrogen-bond donors (Lipinski definition) is 5. The van der Waals surface area contributed by atoms with Crippen molar-refractivity contribution >= 4 is 21.9 Å². The molecule has 39 heavy (non-hydrogen) atoms. The van der Waals surface area contributed by atoms with Crippen LogP contribution in [-0.2, 0) is 0 Å². The van der Waals surface area contributed by atoms with Gasteiger partial charge in [0.25, 0.3) is 0 Å². The summed E-state index contributed by atoms with van der Waals surface area (Å²) in [6.45, 7) is 0. The molecule has 0 saturated carbocycles. The lowest BCUT2D eigenvalue weighted by molar-refractivity contribution is 0.403. The van der Waals surface area contributed by atoms with Crippen molar-refractivity contribution in [2.24, 2.45) is 0 Å². The summed E-state index contributed by atoms with van der Waals surface area (Å²) in [5.41, 5.74) is 0.400. The van der Waals surface area contributed by atoms with Crippen LogP contribution >= 0.6 is 0 Å². The minimum Gasteiger partial charge on any atom is -0.508 e. The molecule has 2 heterocycles. The van der Waals surface area contributed by atoms with Crippen LogP contribution in [0.5, 0.6) is 28.7 Å². The first kappa shape index (κ1) is 25.0. The van der Waals surface area contributed by atoms with E-state index in [9.17, 15) is 35.1 Å². The van der Waals surface area contributed by atoms with Gasteiger partial charge in [-0.3, -0.25) is 9.59 Å². The highest BCUT2D eigenvalue weighted by molar-refractivity contribution is 5.83. The quantitative estimate of drug-likeness (QED) is 0.186. The van der Waals surface area contributed by atoms with E-state index in [1.165, 1.54) is 30.3 Å². The normalized spacial score (nSPS) is 10.8. The van der Waals surface area contributed by atoms with E-state index in [0.29, 0.717) is 16.5 Å². The summed E-state index contributed by atoms with van der Waals surface area (Å²) in [5, 5.41) is 48.6. The third kappa shape index (κ3) is 4.72. The van der Waals surface area contributed by atoms with Crippen LogP contribution in [0, 0.1) is 0 Å². The number of fused-ring (bicyclic) bond motifs is 2. The predicted molar refractivity (Wildman–Crippen MR) is 144 cm³/mol. The van der Waals surface area contributed by atoms with Gasteiger partial charge in [-0.1, -0.05) is 42.5 Å². The average Bonchev–Trinajstić information content (AvgIpc) is 2.95. The van der Waals surface area contributed by atoms with Gasteiger partial charge in [-0.05, 0) is 42.5 Å². The summed E-state index contributed by atoms with van der Waals surface area (Å²) >= 11 is 0. The van der Waals surface area contributed by atoms with Gasteiger partial charge >= 0.3 is 0 Å². The average molecular weight is 524 g/mol. The summed E-state index contributed by atoms with van der Waals surface area (Å²) < 4.78 is 11.0. The van der Waals surface area contributed by atoms with Crippen LogP contribution in [0.3, 0.4) is 0 Å². The molecular weight excluding hydrogens is 504 g/mol. The first-order valence-corrected chi connectivity index (χ1v) is 11.6. The molecule has 0 bridgehead atoms. The molecule has 0 spiro atoms. The van der Waals surface area contributed by atoms with Gasteiger partial charge in [0.2, 0.25) is 22.4 Å². The van der Waals surface area contributed by atoms with Crippen molar-refractivity contribution in [3.8, 4) is 51.4 Å². The minimum absolute atomic E-state index is 0.0872. The summed E-state index contributed by atoms with van der Waals surface area (Å²) in [7, 11) is 0. The van der Waals surface area contributed by atoms with Crippen molar-refractivity contribution in [3.63, 3.8) is 0 Å². The zero-order valence-corrected chi connectivity index (χ0v) is 20.0. The maximum absolute atomic E-state index is 12.1. The number of phenolic OH excluding ortho intramolecular Hbond substituents is 3. The summed E-state index contributed by atoms with van der Waals surface area (Å²) in [6.07, 6.45) is 0. The molecule has 6 aromatic rings. The molecule has 194 valence electrons. The molecule has 0 aliphatic rings. The second-order valence-electron chi connectivity index (χ2n) is 8.46. The maximum atomic E-state index is 12.1. The number of rotatable bonds is 2. The van der Waals surface area contributed by atoms with Gasteiger partial charge in [-0.2, -0.15) is 0 Å². The van der Waals surface area contributed by atoms with Crippen LogP contribution in [0.4, 0.5) is 0 Å². The summed E-state index contributed by atoms with van der Waals surface area (Å²) in [4.78, 5) is 24.1. The van der Waals surface area contributed by atoms with Gasteiger partial charge in [-0.15, -0.1) is 0 Å². The first-order valence-electron chi connectivity index (χ1n) is 11.6. The number of para-hydroxylation sites is 1. The number of benzene rings is 4. The highest BCUT2D eigenvalue weighted by Crippen LogP contribution is 2.35. The van der Waals surface area contributed by atoms with Crippen molar-refractivity contribution in [2.75, 3.05) is 0 Å². The van der Waals surface area contributed by atoms with Gasteiger partial charge in [0.05, 0.1) is 10.8 Å². The van der Waals surface area contributed by atoms with Crippen LogP contribution in [-0.4, -0.2) is 25.5 Å². The molecule has 0 aliphatic heterocycles. The Balaban J connectivity index is 0.000000160. The molecule has 9 nitrogen and oxygen atoms in total. The lowest BCUT2D eigenvalue weighted by atomic mass is 10.1. The van der Waals surface area contributed by atoms with Crippen molar-refractivity contribution < 1.29 is 34.4 Å². The molecule has 0 amide bonds. The molecule has 5 N–H and O–H groups in total. The van der Waals surface area contributed by atoms with Crippen molar-refractivity contribution in [1.82, 2.24) is 0 Å². The molecular formula is C30H20O9. The fourth-order valence-corrected chi connectivity index (χ4v) is 3.95. The van der Waals surface area contributed by atoms with Crippen LogP contribution in [0.25, 0.3) is 44.6 Å². The number of aromatic hydroxyl groups is 5. The van der Waals surface area contributed by atoms with Crippen molar-refractivity contribution in [1.29, 1.82) is 0 Å². The Bertz CT molecular complexity index is 1950. The zero-order chi connectivity index (χ0) is 27.7. The molecule has 9 heteroatoms. The largest absolute Gasteiger partial charge is 0.508 e. The molecule has 0 fully saturated rings. The summed E-state index contributed by atoms with van der Waals surface area (Å²) in [6, 6.07) is 23.6. The first-order chi connectivity index (χ1) is 18.7. The Kier molecular flexibility index (Phi) is 6.39. The molecule has 6 rings (SSSR count). The monoisotopic (exact) mass is 524 g/mol. The standard InChI is InChI=1S/C15H10O6.C15H10O3/c16-8-2-3-9-12(6-8)21-15(14(20)13(9)19)7-1-4-10(17)11(18)5-7;16-13-11-8-4-5-9-12(11)18-15(14(13)17)10-6-2-1-3-7-10/h1-6,16-18,20H;1-9,17H. The highest BCUT2D eigenvalue weighted by Gasteiger charge is 2.17. The van der Waals surface area contributed by atoms with Crippen LogP contribution in [0.1, 0.15) is 0 Å².